The van der Waals surface area contributed by atoms with Gasteiger partial charge in [-0.25, -0.2) is 15.0 Å². The van der Waals surface area contributed by atoms with E-state index < -0.39 is 0 Å². The van der Waals surface area contributed by atoms with Gasteiger partial charge in [0.2, 0.25) is 0 Å². The van der Waals surface area contributed by atoms with Crippen LogP contribution >= 0.6 is 0 Å². The molecule has 0 radical (unpaired) electrons. The Morgan fingerprint density at radius 1 is 0.476 bits per heavy atom. The number of hydrogen-bond donors (Lipinski definition) is 3. The summed E-state index contributed by atoms with van der Waals surface area (Å²) in [7, 11) is 0. The molecule has 9 heteroatoms. The highest BCUT2D eigenvalue weighted by molar-refractivity contribution is 4.83. The van der Waals surface area contributed by atoms with Crippen molar-refractivity contribution in [3.63, 3.8) is 0 Å². The monoisotopic (exact) mass is 291 g/mol. The van der Waals surface area contributed by atoms with E-state index in [9.17, 15) is 0 Å². The smallest absolute Gasteiger partial charge is 0.147 e. The molecule has 0 spiro atoms. The third kappa shape index (κ3) is 6.95. The molecule has 9 nitrogen and oxygen atoms in total. The van der Waals surface area contributed by atoms with Crippen LogP contribution in [-0.4, -0.2) is 45.5 Å². The van der Waals surface area contributed by atoms with Gasteiger partial charge in [0.25, 0.3) is 0 Å². The third-order valence-electron chi connectivity index (χ3n) is 2.13. The molecule has 0 aliphatic heterocycles. The van der Waals surface area contributed by atoms with E-state index in [0.29, 0.717) is 0 Å². The van der Waals surface area contributed by atoms with E-state index in [1.807, 2.05) is 41.5 Å². The Morgan fingerprint density at radius 3 is 0.762 bits per heavy atom. The molecule has 0 unspecified atom stereocenters. The first-order chi connectivity index (χ1) is 9.86. The van der Waals surface area contributed by atoms with Gasteiger partial charge in [-0.1, -0.05) is 0 Å². The topological polar surface area (TPSA) is 125 Å². The molecule has 0 bridgehead atoms. The summed E-state index contributed by atoms with van der Waals surface area (Å²) in [6, 6.07) is 0. The molecule has 3 N–H and O–H groups in total. The molecule has 0 aliphatic carbocycles. The number of nitrogens with zero attached hydrogens (tertiary/aromatic N) is 6. The van der Waals surface area contributed by atoms with Gasteiger partial charge in [-0.05, 0) is 41.5 Å². The second-order valence-electron chi connectivity index (χ2n) is 4.40. The molecular formula is C12H21N9. The van der Waals surface area contributed by atoms with Crippen molar-refractivity contribution in [3.05, 3.63) is 34.9 Å². The maximum Gasteiger partial charge on any atom is 0.147 e. The average Bonchev–Trinajstić information content (AvgIpc) is 3.06. The minimum absolute atomic E-state index is 0.803. The summed E-state index contributed by atoms with van der Waals surface area (Å²) in [5.41, 5.74) is 0. The molecule has 21 heavy (non-hydrogen) atoms. The standard InChI is InChI=1S/3C4H7N3/c3*1-3-5-4(2)7-6-3/h3*1-2H3,(H,5,6,7). The lowest BCUT2D eigenvalue weighted by Gasteiger charge is -1.68. The quantitative estimate of drug-likeness (QED) is 0.572. The summed E-state index contributed by atoms with van der Waals surface area (Å²) >= 11 is 0. The Bertz CT molecular complexity index is 509. The van der Waals surface area contributed by atoms with Crippen LogP contribution in [0.5, 0.6) is 0 Å². The first kappa shape index (κ1) is 16.5. The Hall–Kier alpha value is -2.58. The van der Waals surface area contributed by atoms with Crippen molar-refractivity contribution in [1.29, 1.82) is 0 Å². The summed E-state index contributed by atoms with van der Waals surface area (Å²) in [4.78, 5) is 11.8. The maximum absolute atomic E-state index is 3.94. The van der Waals surface area contributed by atoms with Crippen LogP contribution in [0.4, 0.5) is 0 Å². The second kappa shape index (κ2) is 7.88. The predicted octanol–water partition coefficient (Wildman–Crippen LogP) is 1.26. The van der Waals surface area contributed by atoms with Gasteiger partial charge in [0, 0.05) is 0 Å². The Morgan fingerprint density at radius 2 is 0.714 bits per heavy atom. The van der Waals surface area contributed by atoms with E-state index in [1.165, 1.54) is 0 Å². The van der Waals surface area contributed by atoms with Gasteiger partial charge in [-0.3, -0.25) is 15.3 Å². The molecule has 0 saturated heterocycles. The molecule has 0 fully saturated rings. The van der Waals surface area contributed by atoms with Crippen LogP contribution in [0.1, 0.15) is 34.9 Å². The van der Waals surface area contributed by atoms with E-state index in [4.69, 9.17) is 0 Å². The third-order valence-corrected chi connectivity index (χ3v) is 2.13. The lowest BCUT2D eigenvalue weighted by Crippen LogP contribution is -1.70. The number of nitrogens with one attached hydrogen (secondary N) is 3. The van der Waals surface area contributed by atoms with Gasteiger partial charge in [-0.15, -0.1) is 0 Å². The molecule has 3 aromatic heterocycles. The molecule has 0 aliphatic rings. The normalized spacial score (nSPS) is 9.43. The number of aryl methyl sites for hydroxylation is 6. The highest BCUT2D eigenvalue weighted by Gasteiger charge is 1.87. The van der Waals surface area contributed by atoms with E-state index in [0.717, 1.165) is 34.9 Å². The molecule has 0 amide bonds. The number of H-pyrrole nitrogens is 3. The molecule has 0 aromatic carbocycles. The first-order valence-electron chi connectivity index (χ1n) is 6.43. The van der Waals surface area contributed by atoms with Gasteiger partial charge in [-0.2, -0.15) is 15.3 Å². The summed E-state index contributed by atoms with van der Waals surface area (Å²) in [6.07, 6.45) is 0. The SMILES string of the molecule is Cc1n[nH]c(C)n1.Cc1n[nH]c(C)n1.Cc1n[nH]c(C)n1. The second-order valence-corrected chi connectivity index (χ2v) is 4.40. The zero-order valence-corrected chi connectivity index (χ0v) is 13.2. The van der Waals surface area contributed by atoms with E-state index in [-0.39, 0.29) is 0 Å². The highest BCUT2D eigenvalue weighted by Crippen LogP contribution is 1.84. The van der Waals surface area contributed by atoms with Gasteiger partial charge in [0.05, 0.1) is 0 Å². The number of aromatic amines is 3. The van der Waals surface area contributed by atoms with Crippen LogP contribution in [0.25, 0.3) is 0 Å². The fraction of sp³-hybridized carbons (Fsp3) is 0.500. The van der Waals surface area contributed by atoms with Crippen molar-refractivity contribution >= 4 is 0 Å². The zero-order valence-electron chi connectivity index (χ0n) is 13.2. The van der Waals surface area contributed by atoms with Crippen molar-refractivity contribution < 1.29 is 0 Å². The van der Waals surface area contributed by atoms with Crippen LogP contribution in [0.3, 0.4) is 0 Å². The lowest BCUT2D eigenvalue weighted by atomic mass is 10.7. The maximum atomic E-state index is 3.94. The first-order valence-corrected chi connectivity index (χ1v) is 6.43. The highest BCUT2D eigenvalue weighted by atomic mass is 15.2. The van der Waals surface area contributed by atoms with Crippen LogP contribution in [0, 0.1) is 41.5 Å². The molecular weight excluding hydrogens is 270 g/mol. The van der Waals surface area contributed by atoms with Crippen molar-refractivity contribution in [2.75, 3.05) is 0 Å². The van der Waals surface area contributed by atoms with Crippen LogP contribution in [0.15, 0.2) is 0 Å². The van der Waals surface area contributed by atoms with Crippen molar-refractivity contribution in [2.45, 2.75) is 41.5 Å². The lowest BCUT2D eigenvalue weighted by molar-refractivity contribution is 1.02. The Balaban J connectivity index is 0.000000157. The molecule has 0 atom stereocenters. The molecule has 3 heterocycles. The fourth-order valence-electron chi connectivity index (χ4n) is 1.36. The summed E-state index contributed by atoms with van der Waals surface area (Å²) in [5, 5.41) is 19.5. The summed E-state index contributed by atoms with van der Waals surface area (Å²) in [6.45, 7) is 11.2. The minimum atomic E-state index is 0.803. The van der Waals surface area contributed by atoms with E-state index in [1.54, 1.807) is 0 Å². The van der Waals surface area contributed by atoms with Crippen LogP contribution < -0.4 is 0 Å². The van der Waals surface area contributed by atoms with Gasteiger partial charge in [0.15, 0.2) is 0 Å². The van der Waals surface area contributed by atoms with Gasteiger partial charge in [0.1, 0.15) is 34.9 Å². The summed E-state index contributed by atoms with van der Waals surface area (Å²) < 4.78 is 0. The van der Waals surface area contributed by atoms with E-state index in [2.05, 4.69) is 45.5 Å². The minimum Gasteiger partial charge on any atom is -0.263 e. The predicted molar refractivity (Wildman–Crippen MR) is 77.6 cm³/mol. The fourth-order valence-corrected chi connectivity index (χ4v) is 1.36. The molecule has 3 rings (SSSR count). The largest absolute Gasteiger partial charge is 0.263 e. The van der Waals surface area contributed by atoms with Gasteiger partial charge < -0.3 is 0 Å². The number of rotatable bonds is 0. The van der Waals surface area contributed by atoms with Gasteiger partial charge >= 0.3 is 0 Å². The van der Waals surface area contributed by atoms with Crippen molar-refractivity contribution in [1.82, 2.24) is 45.5 Å². The Kier molecular flexibility index (Phi) is 6.18. The summed E-state index contributed by atoms with van der Waals surface area (Å²) in [5.74, 6) is 5.03. The van der Waals surface area contributed by atoms with Crippen molar-refractivity contribution in [2.24, 2.45) is 0 Å². The number of hydrogen-bond acceptors (Lipinski definition) is 6. The van der Waals surface area contributed by atoms with Crippen LogP contribution in [0.2, 0.25) is 0 Å². The van der Waals surface area contributed by atoms with Crippen molar-refractivity contribution in [3.8, 4) is 0 Å². The molecule has 3 aromatic rings. The van der Waals surface area contributed by atoms with Crippen LogP contribution in [-0.2, 0) is 0 Å². The molecule has 0 saturated carbocycles. The molecule has 114 valence electrons. The van der Waals surface area contributed by atoms with E-state index >= 15 is 0 Å². The zero-order chi connectivity index (χ0) is 15.8. The average molecular weight is 291 g/mol. The number of aromatic nitrogens is 9. The Labute approximate surface area is 123 Å².